The number of hydrogen-bond donors (Lipinski definition) is 2. The maximum atomic E-state index is 9.54. The first-order valence-electron chi connectivity index (χ1n) is 5.40. The average molecular weight is 313 g/mol. The third-order valence-corrected chi connectivity index (χ3v) is 4.17. The fourth-order valence-corrected chi connectivity index (χ4v) is 3.19. The molecule has 7 heteroatoms. The standard InChI is InChI=1S/C12H11NO3S3/c1-16-6-2-3-8-9(4-6)19-11(13-8)7(12(15)18)5-10(14)17/h2-4,7H,5H2,1H3,(H,14,17)(H,15,18). The molecule has 1 aromatic carbocycles. The van der Waals surface area contributed by atoms with Gasteiger partial charge in [-0.2, -0.15) is 0 Å². The van der Waals surface area contributed by atoms with Crippen LogP contribution in [0.5, 0.6) is 5.75 Å². The van der Waals surface area contributed by atoms with Crippen LogP contribution in [0.15, 0.2) is 18.2 Å². The highest BCUT2D eigenvalue weighted by Gasteiger charge is 2.22. The van der Waals surface area contributed by atoms with E-state index in [-0.39, 0.29) is 16.5 Å². The molecule has 0 aliphatic heterocycles. The first-order valence-corrected chi connectivity index (χ1v) is 7.03. The van der Waals surface area contributed by atoms with Crippen LogP contribution in [-0.4, -0.2) is 32.4 Å². The van der Waals surface area contributed by atoms with Gasteiger partial charge in [-0.3, -0.25) is 0 Å². The highest BCUT2D eigenvalue weighted by Crippen LogP contribution is 2.32. The summed E-state index contributed by atoms with van der Waals surface area (Å²) < 4.78 is 6.08. The number of nitrogens with zero attached hydrogens (tertiary/aromatic N) is 1. The fraction of sp³-hybridized carbons (Fsp3) is 0.250. The lowest BCUT2D eigenvalue weighted by atomic mass is 10.1. The minimum Gasteiger partial charge on any atom is -0.502 e. The molecule has 2 rings (SSSR count). The number of rotatable bonds is 5. The number of benzene rings is 1. The van der Waals surface area contributed by atoms with E-state index in [0.717, 1.165) is 16.0 Å². The maximum Gasteiger partial charge on any atom is 0.167 e. The van der Waals surface area contributed by atoms with E-state index in [0.29, 0.717) is 5.01 Å². The summed E-state index contributed by atoms with van der Waals surface area (Å²) in [5, 5.41) is 19.0. The molecule has 0 saturated heterocycles. The van der Waals surface area contributed by atoms with Crippen LogP contribution in [0.3, 0.4) is 0 Å². The molecule has 1 aromatic heterocycles. The van der Waals surface area contributed by atoms with Gasteiger partial charge in [0.15, 0.2) is 10.1 Å². The molecule has 0 aliphatic rings. The Morgan fingerprint density at radius 1 is 1.42 bits per heavy atom. The van der Waals surface area contributed by atoms with Crippen LogP contribution in [0.4, 0.5) is 0 Å². The van der Waals surface area contributed by atoms with Crippen molar-refractivity contribution in [2.75, 3.05) is 7.11 Å². The molecule has 0 fully saturated rings. The molecule has 0 radical (unpaired) electrons. The monoisotopic (exact) mass is 313 g/mol. The number of thiazole rings is 1. The second-order valence-electron chi connectivity index (χ2n) is 3.87. The number of methoxy groups -OCH3 is 1. The molecule has 19 heavy (non-hydrogen) atoms. The summed E-state index contributed by atoms with van der Waals surface area (Å²) in [5.74, 6) is 0.194. The van der Waals surface area contributed by atoms with Crippen molar-refractivity contribution in [3.63, 3.8) is 0 Å². The molecule has 0 aliphatic carbocycles. The molecule has 0 bridgehead atoms. The topological polar surface area (TPSA) is 62.6 Å². The van der Waals surface area contributed by atoms with E-state index in [1.54, 1.807) is 7.11 Å². The Balaban J connectivity index is 2.42. The molecule has 0 spiro atoms. The second-order valence-corrected chi connectivity index (χ2v) is 5.83. The van der Waals surface area contributed by atoms with Gasteiger partial charge in [0, 0.05) is 6.42 Å². The summed E-state index contributed by atoms with van der Waals surface area (Å²) >= 11 is 10.8. The first-order chi connectivity index (χ1) is 9.01. The van der Waals surface area contributed by atoms with Crippen molar-refractivity contribution in [1.82, 2.24) is 4.98 Å². The van der Waals surface area contributed by atoms with Crippen LogP contribution in [-0.2, 0) is 0 Å². The molecule has 1 unspecified atom stereocenters. The van der Waals surface area contributed by atoms with Crippen LogP contribution in [0.2, 0.25) is 0 Å². The molecule has 100 valence electrons. The lowest BCUT2D eigenvalue weighted by Crippen LogP contribution is -2.13. The van der Waals surface area contributed by atoms with Gasteiger partial charge in [-0.05, 0) is 42.6 Å². The van der Waals surface area contributed by atoms with Crippen molar-refractivity contribution in [2.24, 2.45) is 0 Å². The molecular weight excluding hydrogens is 302 g/mol. The van der Waals surface area contributed by atoms with Gasteiger partial charge in [-0.15, -0.1) is 11.3 Å². The van der Waals surface area contributed by atoms with E-state index in [1.165, 1.54) is 11.3 Å². The molecule has 0 amide bonds. The number of fused-ring (bicyclic) bond motifs is 1. The third-order valence-electron chi connectivity index (χ3n) is 2.59. The molecule has 1 heterocycles. The zero-order chi connectivity index (χ0) is 14.0. The number of aromatic nitrogens is 1. The van der Waals surface area contributed by atoms with Gasteiger partial charge in [0.1, 0.15) is 10.8 Å². The fourth-order valence-electron chi connectivity index (χ4n) is 1.65. The minimum atomic E-state index is -0.545. The van der Waals surface area contributed by atoms with Gasteiger partial charge in [-0.25, -0.2) is 4.98 Å². The molecule has 2 N–H and O–H groups in total. The molecule has 2 aromatic rings. The predicted molar refractivity (Wildman–Crippen MR) is 84.0 cm³/mol. The quantitative estimate of drug-likeness (QED) is 0.823. The van der Waals surface area contributed by atoms with E-state index in [1.807, 2.05) is 18.2 Å². The number of aliphatic hydroxyl groups excluding tert-OH is 2. The van der Waals surface area contributed by atoms with E-state index in [2.05, 4.69) is 17.2 Å². The number of hydrogen-bond acceptors (Lipinski definition) is 5. The molecular formula is C12H11NO3S3. The van der Waals surface area contributed by atoms with Gasteiger partial charge < -0.3 is 14.9 Å². The zero-order valence-corrected chi connectivity index (χ0v) is 12.4. The average Bonchev–Trinajstić information content (AvgIpc) is 2.77. The largest absolute Gasteiger partial charge is 0.502 e. The summed E-state index contributed by atoms with van der Waals surface area (Å²) in [7, 11) is 1.60. The van der Waals surface area contributed by atoms with Crippen LogP contribution >= 0.6 is 35.8 Å². The van der Waals surface area contributed by atoms with Crippen molar-refractivity contribution < 1.29 is 14.9 Å². The predicted octanol–water partition coefficient (Wildman–Crippen LogP) is 3.55. The van der Waals surface area contributed by atoms with Crippen LogP contribution < -0.4 is 4.74 Å². The lowest BCUT2D eigenvalue weighted by Gasteiger charge is -2.08. The summed E-state index contributed by atoms with van der Waals surface area (Å²) in [6.07, 6.45) is 0.0988. The summed E-state index contributed by atoms with van der Waals surface area (Å²) in [4.78, 5) is 4.41. The van der Waals surface area contributed by atoms with Crippen LogP contribution in [0, 0.1) is 0 Å². The van der Waals surface area contributed by atoms with E-state index >= 15 is 0 Å². The number of thiocarbonyl (C=S) groups is 2. The van der Waals surface area contributed by atoms with Gasteiger partial charge in [0.2, 0.25) is 0 Å². The minimum absolute atomic E-state index is 0.0988. The van der Waals surface area contributed by atoms with Gasteiger partial charge in [0.25, 0.3) is 0 Å². The number of aliphatic hydroxyl groups is 2. The lowest BCUT2D eigenvalue weighted by molar-refractivity contribution is 0.415. The van der Waals surface area contributed by atoms with E-state index < -0.39 is 5.92 Å². The van der Waals surface area contributed by atoms with Crippen molar-refractivity contribution in [1.29, 1.82) is 0 Å². The molecule has 4 nitrogen and oxygen atoms in total. The van der Waals surface area contributed by atoms with Crippen molar-refractivity contribution >= 4 is 56.1 Å². The van der Waals surface area contributed by atoms with Gasteiger partial charge in [-0.1, -0.05) is 0 Å². The molecule has 0 saturated carbocycles. The second kappa shape index (κ2) is 5.77. The van der Waals surface area contributed by atoms with Crippen molar-refractivity contribution in [3.8, 4) is 5.75 Å². The third kappa shape index (κ3) is 3.17. The Morgan fingerprint density at radius 3 is 2.74 bits per heavy atom. The highest BCUT2D eigenvalue weighted by atomic mass is 32.1. The van der Waals surface area contributed by atoms with Crippen LogP contribution in [0.1, 0.15) is 17.3 Å². The Labute approximate surface area is 124 Å². The molecule has 1 atom stereocenters. The summed E-state index contributed by atoms with van der Waals surface area (Å²) in [6.45, 7) is 0. The van der Waals surface area contributed by atoms with Crippen molar-refractivity contribution in [2.45, 2.75) is 12.3 Å². The number of ether oxygens (including phenoxy) is 1. The smallest absolute Gasteiger partial charge is 0.167 e. The van der Waals surface area contributed by atoms with Gasteiger partial charge in [0.05, 0.1) is 23.2 Å². The van der Waals surface area contributed by atoms with Crippen LogP contribution in [0.25, 0.3) is 10.2 Å². The van der Waals surface area contributed by atoms with Gasteiger partial charge >= 0.3 is 0 Å². The maximum absolute atomic E-state index is 9.54. The van der Waals surface area contributed by atoms with E-state index in [9.17, 15) is 10.2 Å². The van der Waals surface area contributed by atoms with E-state index in [4.69, 9.17) is 17.0 Å². The Hall–Kier alpha value is -1.31. The normalized spacial score (nSPS) is 12.3. The Kier molecular flexibility index (Phi) is 4.28. The Morgan fingerprint density at radius 2 is 2.16 bits per heavy atom. The van der Waals surface area contributed by atoms with Crippen molar-refractivity contribution in [3.05, 3.63) is 23.2 Å². The Bertz CT molecular complexity index is 638. The zero-order valence-electron chi connectivity index (χ0n) is 9.99. The summed E-state index contributed by atoms with van der Waals surface area (Å²) in [5.41, 5.74) is 0.797. The first kappa shape index (κ1) is 14.1. The SMILES string of the molecule is COc1ccc2nc(C(CC(O)=S)C(O)=S)sc2c1. The summed E-state index contributed by atoms with van der Waals surface area (Å²) in [6, 6.07) is 5.52. The highest BCUT2D eigenvalue weighted by molar-refractivity contribution is 7.80.